The molecule has 2 rings (SSSR count). The highest BCUT2D eigenvalue weighted by atomic mass is 32.1. The average Bonchev–Trinajstić information content (AvgIpc) is 2.40. The molecule has 11 heavy (non-hydrogen) atoms. The van der Waals surface area contributed by atoms with Crippen molar-refractivity contribution in [2.75, 3.05) is 0 Å². The fourth-order valence-electron chi connectivity index (χ4n) is 1.49. The summed E-state index contributed by atoms with van der Waals surface area (Å²) in [6, 6.07) is 1.97. The molecule has 0 aromatic carbocycles. The van der Waals surface area contributed by atoms with Crippen molar-refractivity contribution in [1.29, 1.82) is 0 Å². The van der Waals surface area contributed by atoms with Crippen LogP contribution in [0.25, 0.3) is 0 Å². The Morgan fingerprint density at radius 2 is 2.09 bits per heavy atom. The number of hydrogen-bond acceptors (Lipinski definition) is 2. The topological polar surface area (TPSA) is 17.1 Å². The fraction of sp³-hybridized carbons (Fsp3) is 0.444. The lowest BCUT2D eigenvalue weighted by Gasteiger charge is -1.92. The quantitative estimate of drug-likeness (QED) is 0.541. The SMILES string of the molecule is O=C1CCCCc2sccc21. The molecule has 0 amide bonds. The van der Waals surface area contributed by atoms with Crippen LogP contribution in [0, 0.1) is 0 Å². The summed E-state index contributed by atoms with van der Waals surface area (Å²) in [5.74, 6) is 0.346. The lowest BCUT2D eigenvalue weighted by molar-refractivity contribution is 0.0982. The first-order valence-corrected chi connectivity index (χ1v) is 4.85. The van der Waals surface area contributed by atoms with Crippen LogP contribution in [0.5, 0.6) is 0 Å². The summed E-state index contributed by atoms with van der Waals surface area (Å²) in [6.07, 6.45) is 4.11. The van der Waals surface area contributed by atoms with Crippen molar-refractivity contribution in [1.82, 2.24) is 0 Å². The average molecular weight is 166 g/mol. The zero-order valence-electron chi connectivity index (χ0n) is 6.30. The van der Waals surface area contributed by atoms with Crippen molar-refractivity contribution >= 4 is 17.1 Å². The number of fused-ring (bicyclic) bond motifs is 1. The molecule has 1 aromatic rings. The molecule has 0 saturated carbocycles. The van der Waals surface area contributed by atoms with Gasteiger partial charge in [-0.25, -0.2) is 0 Å². The Morgan fingerprint density at radius 3 is 3.00 bits per heavy atom. The van der Waals surface area contributed by atoms with Gasteiger partial charge in [-0.05, 0) is 30.7 Å². The van der Waals surface area contributed by atoms with E-state index in [4.69, 9.17) is 0 Å². The van der Waals surface area contributed by atoms with Gasteiger partial charge < -0.3 is 0 Å². The van der Waals surface area contributed by atoms with E-state index in [1.165, 1.54) is 11.3 Å². The summed E-state index contributed by atoms with van der Waals surface area (Å²) in [6.45, 7) is 0. The summed E-state index contributed by atoms with van der Waals surface area (Å²) in [4.78, 5) is 12.7. The van der Waals surface area contributed by atoms with Gasteiger partial charge in [0.1, 0.15) is 0 Å². The third-order valence-electron chi connectivity index (χ3n) is 2.10. The van der Waals surface area contributed by atoms with E-state index in [1.54, 1.807) is 11.3 Å². The first-order chi connectivity index (χ1) is 5.38. The van der Waals surface area contributed by atoms with Crippen LogP contribution in [-0.2, 0) is 6.42 Å². The van der Waals surface area contributed by atoms with Crippen LogP contribution in [0.4, 0.5) is 0 Å². The molecule has 1 aliphatic rings. The number of ketones is 1. The van der Waals surface area contributed by atoms with E-state index in [0.29, 0.717) is 5.78 Å². The highest BCUT2D eigenvalue weighted by molar-refractivity contribution is 7.10. The van der Waals surface area contributed by atoms with Crippen LogP contribution in [0.3, 0.4) is 0 Å². The highest BCUT2D eigenvalue weighted by Gasteiger charge is 2.15. The second kappa shape index (κ2) is 2.78. The van der Waals surface area contributed by atoms with Crippen LogP contribution in [0.15, 0.2) is 11.4 Å². The number of aryl methyl sites for hydroxylation is 1. The molecule has 0 unspecified atom stereocenters. The van der Waals surface area contributed by atoms with Crippen LogP contribution in [0.1, 0.15) is 34.5 Å². The van der Waals surface area contributed by atoms with Crippen LogP contribution in [0.2, 0.25) is 0 Å². The molecule has 0 fully saturated rings. The minimum Gasteiger partial charge on any atom is -0.294 e. The summed E-state index contributed by atoms with van der Waals surface area (Å²) >= 11 is 1.72. The second-order valence-corrected chi connectivity index (χ2v) is 3.89. The van der Waals surface area contributed by atoms with E-state index in [2.05, 4.69) is 0 Å². The molecule has 1 nitrogen and oxygen atoms in total. The van der Waals surface area contributed by atoms with E-state index >= 15 is 0 Å². The van der Waals surface area contributed by atoms with Gasteiger partial charge in [0.2, 0.25) is 0 Å². The maximum Gasteiger partial charge on any atom is 0.163 e. The number of carbonyl (C=O) groups is 1. The van der Waals surface area contributed by atoms with Gasteiger partial charge >= 0.3 is 0 Å². The Bertz CT molecular complexity index is 275. The molecule has 58 valence electrons. The fourth-order valence-corrected chi connectivity index (χ4v) is 2.43. The number of thiophene rings is 1. The van der Waals surface area contributed by atoms with Crippen molar-refractivity contribution in [3.05, 3.63) is 21.9 Å². The van der Waals surface area contributed by atoms with E-state index in [-0.39, 0.29) is 0 Å². The first kappa shape index (κ1) is 7.04. The maximum absolute atomic E-state index is 11.4. The highest BCUT2D eigenvalue weighted by Crippen LogP contribution is 2.24. The molecule has 1 heterocycles. The molecule has 0 bridgehead atoms. The van der Waals surface area contributed by atoms with Gasteiger partial charge in [-0.2, -0.15) is 0 Å². The third kappa shape index (κ3) is 1.23. The van der Waals surface area contributed by atoms with E-state index in [0.717, 1.165) is 24.8 Å². The Morgan fingerprint density at radius 1 is 1.27 bits per heavy atom. The molecule has 0 radical (unpaired) electrons. The molecular formula is C9H10OS. The molecule has 1 aliphatic carbocycles. The Labute approximate surface area is 70.1 Å². The van der Waals surface area contributed by atoms with Gasteiger partial charge in [-0.3, -0.25) is 4.79 Å². The largest absolute Gasteiger partial charge is 0.294 e. The first-order valence-electron chi connectivity index (χ1n) is 3.97. The molecule has 0 aliphatic heterocycles. The van der Waals surface area contributed by atoms with Crippen molar-refractivity contribution in [3.8, 4) is 0 Å². The molecule has 0 saturated heterocycles. The second-order valence-electron chi connectivity index (χ2n) is 2.89. The lowest BCUT2D eigenvalue weighted by Crippen LogP contribution is -1.95. The predicted molar refractivity (Wildman–Crippen MR) is 46.2 cm³/mol. The van der Waals surface area contributed by atoms with Gasteiger partial charge in [-0.15, -0.1) is 11.3 Å². The Balaban J connectivity index is 2.41. The summed E-state index contributed by atoms with van der Waals surface area (Å²) in [5.41, 5.74) is 0.993. The van der Waals surface area contributed by atoms with Crippen LogP contribution >= 0.6 is 11.3 Å². The monoisotopic (exact) mass is 166 g/mol. The molecule has 0 spiro atoms. The van der Waals surface area contributed by atoms with Gasteiger partial charge in [0, 0.05) is 16.9 Å². The zero-order chi connectivity index (χ0) is 7.68. The number of Topliss-reactive ketones (excluding diaryl/α,β-unsaturated/α-hetero) is 1. The van der Waals surface area contributed by atoms with E-state index in [1.807, 2.05) is 11.4 Å². The van der Waals surface area contributed by atoms with Crippen molar-refractivity contribution < 1.29 is 4.79 Å². The minimum absolute atomic E-state index is 0.346. The van der Waals surface area contributed by atoms with Crippen LogP contribution < -0.4 is 0 Å². The normalized spacial score (nSPS) is 17.6. The van der Waals surface area contributed by atoms with Gasteiger partial charge in [0.25, 0.3) is 0 Å². The van der Waals surface area contributed by atoms with Crippen molar-refractivity contribution in [2.45, 2.75) is 25.7 Å². The van der Waals surface area contributed by atoms with E-state index < -0.39 is 0 Å². The van der Waals surface area contributed by atoms with Crippen molar-refractivity contribution in [3.63, 3.8) is 0 Å². The summed E-state index contributed by atoms with van der Waals surface area (Å²) in [5, 5.41) is 2.02. The molecule has 0 N–H and O–H groups in total. The Hall–Kier alpha value is -0.630. The van der Waals surface area contributed by atoms with Crippen LogP contribution in [-0.4, -0.2) is 5.78 Å². The molecule has 2 heteroatoms. The van der Waals surface area contributed by atoms with E-state index in [9.17, 15) is 4.79 Å². The maximum atomic E-state index is 11.4. The van der Waals surface area contributed by atoms with Gasteiger partial charge in [0.15, 0.2) is 5.78 Å². The lowest BCUT2D eigenvalue weighted by atomic mass is 10.1. The summed E-state index contributed by atoms with van der Waals surface area (Å²) in [7, 11) is 0. The molecule has 1 aromatic heterocycles. The minimum atomic E-state index is 0.346. The predicted octanol–water partition coefficient (Wildman–Crippen LogP) is 2.66. The molecule has 0 atom stereocenters. The molecular weight excluding hydrogens is 156 g/mol. The Kier molecular flexibility index (Phi) is 1.78. The number of hydrogen-bond donors (Lipinski definition) is 0. The van der Waals surface area contributed by atoms with Gasteiger partial charge in [-0.1, -0.05) is 0 Å². The smallest absolute Gasteiger partial charge is 0.163 e. The third-order valence-corrected chi connectivity index (χ3v) is 3.08. The number of rotatable bonds is 0. The standard InChI is InChI=1S/C9H10OS/c10-8-3-1-2-4-9-7(8)5-6-11-9/h5-6H,1-4H2. The van der Waals surface area contributed by atoms with Crippen molar-refractivity contribution in [2.24, 2.45) is 0 Å². The zero-order valence-corrected chi connectivity index (χ0v) is 7.12. The summed E-state index contributed by atoms with van der Waals surface area (Å²) < 4.78 is 0. The number of carbonyl (C=O) groups excluding carboxylic acids is 1. The van der Waals surface area contributed by atoms with Gasteiger partial charge in [0.05, 0.1) is 0 Å².